The fraction of sp³-hybridized carbons (Fsp3) is 0.455. The lowest BCUT2D eigenvalue weighted by atomic mass is 10.1. The van der Waals surface area contributed by atoms with E-state index in [1.807, 2.05) is 0 Å². The minimum Gasteiger partial charge on any atom is -0.171 e. The van der Waals surface area contributed by atoms with Crippen LogP contribution in [-0.4, -0.2) is 0 Å². The molecule has 0 N–H and O–H groups in total. The maximum Gasteiger partial charge on any atom is 0.0267 e. The maximum atomic E-state index is 4.53. The van der Waals surface area contributed by atoms with E-state index in [-0.39, 0.29) is 0 Å². The van der Waals surface area contributed by atoms with E-state index in [4.69, 9.17) is 0 Å². The molecule has 0 aliphatic heterocycles. The second-order valence-electron chi connectivity index (χ2n) is 3.22. The zero-order valence-electron chi connectivity index (χ0n) is 7.75. The minimum absolute atomic E-state index is 0.413. The van der Waals surface area contributed by atoms with Gasteiger partial charge in [-0.25, -0.2) is 0 Å². The molecule has 1 atom stereocenters. The molecule has 1 unspecified atom stereocenters. The molecular formula is C11H16S. The maximum absolute atomic E-state index is 4.53. The highest BCUT2D eigenvalue weighted by Crippen LogP contribution is 2.24. The zero-order valence-corrected chi connectivity index (χ0v) is 8.64. The van der Waals surface area contributed by atoms with Gasteiger partial charge in [0.1, 0.15) is 0 Å². The summed E-state index contributed by atoms with van der Waals surface area (Å²) in [4.78, 5) is 0. The van der Waals surface area contributed by atoms with Crippen LogP contribution in [0.3, 0.4) is 0 Å². The van der Waals surface area contributed by atoms with E-state index in [1.165, 1.54) is 17.5 Å². The first kappa shape index (κ1) is 9.66. The van der Waals surface area contributed by atoms with Crippen LogP contribution in [0.5, 0.6) is 0 Å². The Bertz CT molecular complexity index is 225. The predicted octanol–water partition coefficient (Wildman–Crippen LogP) is 3.77. The molecule has 0 spiro atoms. The van der Waals surface area contributed by atoms with Gasteiger partial charge in [0.25, 0.3) is 0 Å². The summed E-state index contributed by atoms with van der Waals surface area (Å²) in [5.74, 6) is 0. The summed E-state index contributed by atoms with van der Waals surface area (Å²) in [6.45, 7) is 4.30. The monoisotopic (exact) mass is 180 g/mol. The quantitative estimate of drug-likeness (QED) is 0.673. The summed E-state index contributed by atoms with van der Waals surface area (Å²) in [6, 6.07) is 8.63. The second-order valence-corrected chi connectivity index (χ2v) is 3.84. The van der Waals surface area contributed by atoms with Gasteiger partial charge in [-0.1, -0.05) is 43.2 Å². The van der Waals surface area contributed by atoms with E-state index >= 15 is 0 Å². The Kier molecular flexibility index (Phi) is 3.67. The molecule has 1 aromatic rings. The Labute approximate surface area is 80.4 Å². The summed E-state index contributed by atoms with van der Waals surface area (Å²) in [5.41, 5.74) is 2.65. The second kappa shape index (κ2) is 4.56. The molecule has 0 fully saturated rings. The molecule has 0 aliphatic rings. The van der Waals surface area contributed by atoms with Crippen molar-refractivity contribution >= 4 is 12.6 Å². The van der Waals surface area contributed by atoms with Gasteiger partial charge in [0, 0.05) is 5.25 Å². The van der Waals surface area contributed by atoms with Gasteiger partial charge in [-0.15, -0.1) is 0 Å². The smallest absolute Gasteiger partial charge is 0.0267 e. The molecule has 0 amide bonds. The number of aryl methyl sites for hydroxylation is 1. The van der Waals surface area contributed by atoms with E-state index in [1.54, 1.807) is 0 Å². The van der Waals surface area contributed by atoms with Gasteiger partial charge in [0.05, 0.1) is 0 Å². The van der Waals surface area contributed by atoms with Crippen LogP contribution in [0.1, 0.15) is 36.1 Å². The molecular weight excluding hydrogens is 164 g/mol. The highest BCUT2D eigenvalue weighted by atomic mass is 32.1. The minimum atomic E-state index is 0.413. The molecule has 0 saturated heterocycles. The lowest BCUT2D eigenvalue weighted by Gasteiger charge is -2.09. The van der Waals surface area contributed by atoms with Crippen LogP contribution in [0.15, 0.2) is 24.3 Å². The van der Waals surface area contributed by atoms with Gasteiger partial charge in [-0.3, -0.25) is 0 Å². The van der Waals surface area contributed by atoms with Crippen molar-refractivity contribution < 1.29 is 0 Å². The average Bonchev–Trinajstić information content (AvgIpc) is 2.06. The lowest BCUT2D eigenvalue weighted by molar-refractivity contribution is 0.782. The highest BCUT2D eigenvalue weighted by molar-refractivity contribution is 7.80. The van der Waals surface area contributed by atoms with Gasteiger partial charge in [0.15, 0.2) is 0 Å². The standard InChI is InChI=1S/C11H16S/c1-3-4-11(12)10-7-5-9(2)6-8-10/h5-8,11-12H,3-4H2,1-2H3. The molecule has 1 aromatic carbocycles. The van der Waals surface area contributed by atoms with Crippen molar-refractivity contribution in [3.63, 3.8) is 0 Å². The van der Waals surface area contributed by atoms with Gasteiger partial charge in [0.2, 0.25) is 0 Å². The van der Waals surface area contributed by atoms with Crippen molar-refractivity contribution in [1.29, 1.82) is 0 Å². The summed E-state index contributed by atoms with van der Waals surface area (Å²) in [5, 5.41) is 0.413. The first-order valence-corrected chi connectivity index (χ1v) is 5.00. The Morgan fingerprint density at radius 1 is 1.25 bits per heavy atom. The molecule has 0 aromatic heterocycles. The predicted molar refractivity (Wildman–Crippen MR) is 57.8 cm³/mol. The summed E-state index contributed by atoms with van der Waals surface area (Å²) >= 11 is 4.53. The van der Waals surface area contributed by atoms with Gasteiger partial charge in [-0.2, -0.15) is 12.6 Å². The third kappa shape index (κ3) is 2.56. The molecule has 0 radical (unpaired) electrons. The normalized spacial score (nSPS) is 12.9. The topological polar surface area (TPSA) is 0 Å². The number of benzene rings is 1. The number of thiol groups is 1. The molecule has 1 rings (SSSR count). The summed E-state index contributed by atoms with van der Waals surface area (Å²) < 4.78 is 0. The first-order valence-electron chi connectivity index (χ1n) is 4.48. The highest BCUT2D eigenvalue weighted by Gasteiger charge is 2.03. The van der Waals surface area contributed by atoms with Gasteiger partial charge in [-0.05, 0) is 18.9 Å². The van der Waals surface area contributed by atoms with Crippen LogP contribution < -0.4 is 0 Å². The van der Waals surface area contributed by atoms with Crippen LogP contribution in [0.4, 0.5) is 0 Å². The van der Waals surface area contributed by atoms with E-state index in [9.17, 15) is 0 Å². The van der Waals surface area contributed by atoms with E-state index in [2.05, 4.69) is 50.7 Å². The van der Waals surface area contributed by atoms with Crippen LogP contribution in [-0.2, 0) is 0 Å². The van der Waals surface area contributed by atoms with Crippen molar-refractivity contribution in [3.05, 3.63) is 35.4 Å². The molecule has 1 heteroatoms. The Balaban J connectivity index is 2.68. The van der Waals surface area contributed by atoms with Crippen LogP contribution >= 0.6 is 12.6 Å². The molecule has 0 bridgehead atoms. The van der Waals surface area contributed by atoms with Gasteiger partial charge < -0.3 is 0 Å². The van der Waals surface area contributed by atoms with E-state index < -0.39 is 0 Å². The van der Waals surface area contributed by atoms with Crippen LogP contribution in [0.2, 0.25) is 0 Å². The van der Waals surface area contributed by atoms with Crippen molar-refractivity contribution in [2.24, 2.45) is 0 Å². The average molecular weight is 180 g/mol. The van der Waals surface area contributed by atoms with Crippen molar-refractivity contribution in [2.45, 2.75) is 31.9 Å². The Morgan fingerprint density at radius 2 is 1.83 bits per heavy atom. The number of hydrogen-bond donors (Lipinski definition) is 1. The fourth-order valence-electron chi connectivity index (χ4n) is 1.23. The Morgan fingerprint density at radius 3 is 2.33 bits per heavy atom. The molecule has 0 nitrogen and oxygen atoms in total. The summed E-state index contributed by atoms with van der Waals surface area (Å²) in [6.07, 6.45) is 2.36. The van der Waals surface area contributed by atoms with Crippen LogP contribution in [0.25, 0.3) is 0 Å². The third-order valence-electron chi connectivity index (χ3n) is 2.02. The van der Waals surface area contributed by atoms with Crippen LogP contribution in [0, 0.1) is 6.92 Å². The third-order valence-corrected chi connectivity index (χ3v) is 2.58. The molecule has 0 aliphatic carbocycles. The molecule has 12 heavy (non-hydrogen) atoms. The zero-order chi connectivity index (χ0) is 8.97. The number of rotatable bonds is 3. The van der Waals surface area contributed by atoms with E-state index in [0.717, 1.165) is 6.42 Å². The molecule has 66 valence electrons. The summed E-state index contributed by atoms with van der Waals surface area (Å²) in [7, 11) is 0. The molecule has 0 saturated carbocycles. The Hall–Kier alpha value is -0.430. The first-order chi connectivity index (χ1) is 5.74. The lowest BCUT2D eigenvalue weighted by Crippen LogP contribution is -1.89. The SMILES string of the molecule is CCCC(S)c1ccc(C)cc1. The van der Waals surface area contributed by atoms with E-state index in [0.29, 0.717) is 5.25 Å². The van der Waals surface area contributed by atoms with Crippen molar-refractivity contribution in [1.82, 2.24) is 0 Å². The largest absolute Gasteiger partial charge is 0.171 e. The molecule has 0 heterocycles. The number of hydrogen-bond acceptors (Lipinski definition) is 1. The van der Waals surface area contributed by atoms with Crippen molar-refractivity contribution in [2.75, 3.05) is 0 Å². The van der Waals surface area contributed by atoms with Gasteiger partial charge >= 0.3 is 0 Å². The van der Waals surface area contributed by atoms with Crippen molar-refractivity contribution in [3.8, 4) is 0 Å². The fourth-order valence-corrected chi connectivity index (χ4v) is 1.66.